The van der Waals surface area contributed by atoms with Crippen molar-refractivity contribution >= 4 is 12.4 Å². The highest BCUT2D eigenvalue weighted by molar-refractivity contribution is 5.85. The number of rotatable bonds is 7. The largest absolute Gasteiger partial charge is 0.453 e. The summed E-state index contributed by atoms with van der Waals surface area (Å²) in [6.07, 6.45) is 2.51. The van der Waals surface area contributed by atoms with Crippen LogP contribution in [-0.4, -0.2) is 0 Å². The lowest BCUT2D eigenvalue weighted by Crippen LogP contribution is -2.09. The molecule has 0 unspecified atom stereocenters. The van der Waals surface area contributed by atoms with Crippen molar-refractivity contribution in [3.63, 3.8) is 0 Å². The lowest BCUT2D eigenvalue weighted by atomic mass is 10.0. The molecule has 0 saturated carbocycles. The van der Waals surface area contributed by atoms with Crippen LogP contribution < -0.4 is 15.2 Å². The summed E-state index contributed by atoms with van der Waals surface area (Å²) in [5, 5.41) is 0. The lowest BCUT2D eigenvalue weighted by Gasteiger charge is -2.16. The van der Waals surface area contributed by atoms with E-state index in [2.05, 4.69) is 6.58 Å². The molecule has 3 rings (SSSR count). The average molecular weight is 368 g/mol. The van der Waals surface area contributed by atoms with Crippen molar-refractivity contribution in [2.75, 3.05) is 0 Å². The maximum Gasteiger partial charge on any atom is 0.170 e. The molecule has 1 atom stereocenters. The summed E-state index contributed by atoms with van der Waals surface area (Å²) in [7, 11) is 0. The Labute approximate surface area is 160 Å². The van der Waals surface area contributed by atoms with Gasteiger partial charge in [-0.15, -0.1) is 19.0 Å². The van der Waals surface area contributed by atoms with Gasteiger partial charge in [0.2, 0.25) is 0 Å². The minimum Gasteiger partial charge on any atom is -0.453 e. The topological polar surface area (TPSA) is 44.5 Å². The molecule has 0 bridgehead atoms. The molecule has 0 aliphatic carbocycles. The van der Waals surface area contributed by atoms with Gasteiger partial charge in [-0.25, -0.2) is 0 Å². The first kappa shape index (κ1) is 19.6. The molecule has 3 nitrogen and oxygen atoms in total. The molecule has 0 aliphatic heterocycles. The van der Waals surface area contributed by atoms with Gasteiger partial charge in [0.15, 0.2) is 11.5 Å². The second kappa shape index (κ2) is 9.66. The smallest absolute Gasteiger partial charge is 0.170 e. The van der Waals surface area contributed by atoms with Crippen LogP contribution >= 0.6 is 12.4 Å². The Balaban J connectivity index is 0.00000243. The van der Waals surface area contributed by atoms with Gasteiger partial charge in [-0.3, -0.25) is 0 Å². The highest BCUT2D eigenvalue weighted by atomic mass is 35.5. The molecule has 4 heteroatoms. The van der Waals surface area contributed by atoms with E-state index in [1.54, 1.807) is 0 Å². The summed E-state index contributed by atoms with van der Waals surface area (Å²) < 4.78 is 12.0. The first-order valence-corrected chi connectivity index (χ1v) is 8.22. The molecule has 0 spiro atoms. The number of hydrogen-bond acceptors (Lipinski definition) is 3. The molecule has 0 aromatic heterocycles. The third kappa shape index (κ3) is 5.12. The molecule has 0 amide bonds. The summed E-state index contributed by atoms with van der Waals surface area (Å²) in [4.78, 5) is 0. The van der Waals surface area contributed by atoms with Crippen LogP contribution in [0.25, 0.3) is 0 Å². The zero-order chi connectivity index (χ0) is 17.5. The van der Waals surface area contributed by atoms with Gasteiger partial charge in [-0.2, -0.15) is 0 Å². The Hall–Kier alpha value is -2.75. The van der Waals surface area contributed by atoms with Crippen molar-refractivity contribution in [2.45, 2.75) is 12.5 Å². The first-order chi connectivity index (χ1) is 12.3. The SMILES string of the molecule is C=CC[C@H](N)c1ccc(Oc2ccccc2)c(Oc2ccccc2)c1.Cl. The van der Waals surface area contributed by atoms with Gasteiger partial charge in [-0.1, -0.05) is 48.5 Å². The van der Waals surface area contributed by atoms with Crippen LogP contribution in [0.2, 0.25) is 0 Å². The van der Waals surface area contributed by atoms with Crippen LogP contribution in [0, 0.1) is 0 Å². The van der Waals surface area contributed by atoms with Crippen LogP contribution in [0.1, 0.15) is 18.0 Å². The van der Waals surface area contributed by atoms with E-state index < -0.39 is 0 Å². The third-order valence-corrected chi connectivity index (χ3v) is 3.76. The van der Waals surface area contributed by atoms with Gasteiger partial charge >= 0.3 is 0 Å². The fourth-order valence-corrected chi connectivity index (χ4v) is 2.47. The van der Waals surface area contributed by atoms with E-state index in [4.69, 9.17) is 15.2 Å². The standard InChI is InChI=1S/C22H21NO2.ClH/c1-2-9-20(23)17-14-15-21(24-18-10-5-3-6-11-18)22(16-17)25-19-12-7-4-8-13-19;/h2-8,10-16,20H,1,9,23H2;1H/t20-;/m0./s1. The molecule has 134 valence electrons. The van der Waals surface area contributed by atoms with Crippen LogP contribution in [0.4, 0.5) is 0 Å². The number of halogens is 1. The summed E-state index contributed by atoms with van der Waals surface area (Å²) in [5.74, 6) is 2.77. The van der Waals surface area contributed by atoms with Gasteiger partial charge in [0.1, 0.15) is 11.5 Å². The minimum atomic E-state index is -0.124. The van der Waals surface area contributed by atoms with Gasteiger partial charge in [-0.05, 0) is 48.4 Å². The van der Waals surface area contributed by atoms with Crippen molar-refractivity contribution in [3.8, 4) is 23.0 Å². The molecule has 0 heterocycles. The van der Waals surface area contributed by atoms with Crippen LogP contribution in [0.3, 0.4) is 0 Å². The Bertz CT molecular complexity index is 822. The Morgan fingerprint density at radius 1 is 0.808 bits per heavy atom. The quantitative estimate of drug-likeness (QED) is 0.500. The fourth-order valence-electron chi connectivity index (χ4n) is 2.47. The second-order valence-electron chi connectivity index (χ2n) is 5.67. The summed E-state index contributed by atoms with van der Waals surface area (Å²) in [5.41, 5.74) is 7.18. The minimum absolute atomic E-state index is 0. The normalized spacial score (nSPS) is 11.1. The van der Waals surface area contributed by atoms with Crippen LogP contribution in [-0.2, 0) is 0 Å². The molecule has 0 fully saturated rings. The second-order valence-corrected chi connectivity index (χ2v) is 5.67. The zero-order valence-corrected chi connectivity index (χ0v) is 15.2. The van der Waals surface area contributed by atoms with Crippen molar-refractivity contribution in [2.24, 2.45) is 5.73 Å². The van der Waals surface area contributed by atoms with Crippen LogP contribution in [0.15, 0.2) is 91.5 Å². The Kier molecular flexibility index (Phi) is 7.27. The molecule has 0 saturated heterocycles. The van der Waals surface area contributed by atoms with Crippen molar-refractivity contribution in [3.05, 3.63) is 97.1 Å². The average Bonchev–Trinajstić information content (AvgIpc) is 2.65. The lowest BCUT2D eigenvalue weighted by molar-refractivity contribution is 0.417. The first-order valence-electron chi connectivity index (χ1n) is 8.22. The molecule has 26 heavy (non-hydrogen) atoms. The number of para-hydroxylation sites is 2. The summed E-state index contributed by atoms with van der Waals surface area (Å²) >= 11 is 0. The summed E-state index contributed by atoms with van der Waals surface area (Å²) in [6, 6.07) is 24.9. The predicted octanol–water partition coefficient (Wildman–Crippen LogP) is 6.27. The molecule has 3 aromatic rings. The van der Waals surface area contributed by atoms with E-state index in [0.29, 0.717) is 17.9 Å². The van der Waals surface area contributed by atoms with Crippen molar-refractivity contribution < 1.29 is 9.47 Å². The maximum atomic E-state index is 6.20. The van der Waals surface area contributed by atoms with Gasteiger partial charge in [0.25, 0.3) is 0 Å². The van der Waals surface area contributed by atoms with Gasteiger partial charge < -0.3 is 15.2 Å². The van der Waals surface area contributed by atoms with Gasteiger partial charge in [0.05, 0.1) is 0 Å². The van der Waals surface area contributed by atoms with Gasteiger partial charge in [0, 0.05) is 6.04 Å². The Morgan fingerprint density at radius 2 is 1.35 bits per heavy atom. The highest BCUT2D eigenvalue weighted by Crippen LogP contribution is 2.37. The van der Waals surface area contributed by atoms with E-state index in [1.807, 2.05) is 84.9 Å². The zero-order valence-electron chi connectivity index (χ0n) is 14.4. The van der Waals surface area contributed by atoms with Crippen molar-refractivity contribution in [1.29, 1.82) is 0 Å². The molecular weight excluding hydrogens is 346 g/mol. The molecule has 0 aliphatic rings. The third-order valence-electron chi connectivity index (χ3n) is 3.76. The fraction of sp³-hybridized carbons (Fsp3) is 0.0909. The molecular formula is C22H22ClNO2. The van der Waals surface area contributed by atoms with E-state index in [1.165, 1.54) is 0 Å². The number of hydrogen-bond donors (Lipinski definition) is 1. The monoisotopic (exact) mass is 367 g/mol. The molecule has 2 N–H and O–H groups in total. The Morgan fingerprint density at radius 3 is 1.88 bits per heavy atom. The maximum absolute atomic E-state index is 6.20. The van der Waals surface area contributed by atoms with E-state index in [0.717, 1.165) is 17.1 Å². The predicted molar refractivity (Wildman–Crippen MR) is 108 cm³/mol. The number of ether oxygens (including phenoxy) is 2. The number of benzene rings is 3. The number of nitrogens with two attached hydrogens (primary N) is 1. The molecule has 0 radical (unpaired) electrons. The molecule has 3 aromatic carbocycles. The van der Waals surface area contributed by atoms with E-state index in [9.17, 15) is 0 Å². The van der Waals surface area contributed by atoms with E-state index in [-0.39, 0.29) is 18.4 Å². The van der Waals surface area contributed by atoms with Crippen molar-refractivity contribution in [1.82, 2.24) is 0 Å². The van der Waals surface area contributed by atoms with Crippen LogP contribution in [0.5, 0.6) is 23.0 Å². The van der Waals surface area contributed by atoms with E-state index >= 15 is 0 Å². The summed E-state index contributed by atoms with van der Waals surface area (Å²) in [6.45, 7) is 3.75. The highest BCUT2D eigenvalue weighted by Gasteiger charge is 2.12.